The summed E-state index contributed by atoms with van der Waals surface area (Å²) in [5, 5.41) is 3.29. The summed E-state index contributed by atoms with van der Waals surface area (Å²) in [5.74, 6) is 1.63. The normalized spacial score (nSPS) is 13.5. The van der Waals surface area contributed by atoms with Gasteiger partial charge in [0.05, 0.1) is 9.26 Å². The van der Waals surface area contributed by atoms with Gasteiger partial charge in [0, 0.05) is 19.1 Å². The van der Waals surface area contributed by atoms with Crippen LogP contribution in [0.25, 0.3) is 0 Å². The Morgan fingerprint density at radius 1 is 1.33 bits per heavy atom. The van der Waals surface area contributed by atoms with Gasteiger partial charge in [-0.15, -0.1) is 0 Å². The Kier molecular flexibility index (Phi) is 5.33. The van der Waals surface area contributed by atoms with E-state index in [0.29, 0.717) is 0 Å². The van der Waals surface area contributed by atoms with E-state index in [1.165, 1.54) is 0 Å². The van der Waals surface area contributed by atoms with E-state index >= 15 is 0 Å². The van der Waals surface area contributed by atoms with Crippen LogP contribution in [0, 0.1) is 3.57 Å². The first-order valence-corrected chi connectivity index (χ1v) is 7.23. The summed E-state index contributed by atoms with van der Waals surface area (Å²) in [5.41, 5.74) is 1.05. The molecule has 5 heteroatoms. The number of hydrogen-bond acceptors (Lipinski definition) is 4. The number of nitrogens with one attached hydrogen (secondary N) is 1. The van der Waals surface area contributed by atoms with E-state index < -0.39 is 0 Å². The third kappa shape index (κ3) is 3.54. The maximum Gasteiger partial charge on any atom is 0.159 e. The van der Waals surface area contributed by atoms with Gasteiger partial charge in [-0.3, -0.25) is 0 Å². The van der Waals surface area contributed by atoms with E-state index in [1.807, 2.05) is 6.92 Å². The number of halogens is 1. The van der Waals surface area contributed by atoms with Crippen LogP contribution in [0.4, 0.5) is 5.82 Å². The summed E-state index contributed by atoms with van der Waals surface area (Å²) in [4.78, 5) is 9.23. The summed E-state index contributed by atoms with van der Waals surface area (Å²) in [6, 6.07) is 0. The van der Waals surface area contributed by atoms with Gasteiger partial charge in [-0.25, -0.2) is 9.97 Å². The molecule has 0 fully saturated rings. The predicted molar refractivity (Wildman–Crippen MR) is 83.0 cm³/mol. The van der Waals surface area contributed by atoms with E-state index in [4.69, 9.17) is 4.74 Å². The highest BCUT2D eigenvalue weighted by atomic mass is 127. The molecule has 102 valence electrons. The van der Waals surface area contributed by atoms with Crippen LogP contribution >= 0.6 is 22.6 Å². The fourth-order valence-electron chi connectivity index (χ4n) is 1.53. The lowest BCUT2D eigenvalue weighted by Gasteiger charge is -2.23. The molecule has 0 saturated heterocycles. The number of anilines is 1. The Labute approximate surface area is 123 Å². The third-order valence-electron chi connectivity index (χ3n) is 2.64. The molecule has 0 saturated carbocycles. The number of hydrogen-bond donors (Lipinski definition) is 1. The van der Waals surface area contributed by atoms with Crippen molar-refractivity contribution in [2.24, 2.45) is 0 Å². The molecule has 4 nitrogen and oxygen atoms in total. The molecule has 1 atom stereocenters. The number of nitrogens with zero attached hydrogens (tertiary/aromatic N) is 2. The number of ether oxygens (including phenoxy) is 1. The summed E-state index contributed by atoms with van der Waals surface area (Å²) < 4.78 is 6.41. The second-order valence-corrected chi connectivity index (χ2v) is 6.33. The van der Waals surface area contributed by atoms with E-state index in [2.05, 4.69) is 65.6 Å². The zero-order valence-corrected chi connectivity index (χ0v) is 14.1. The predicted octanol–water partition coefficient (Wildman–Crippen LogP) is 3.52. The maximum atomic E-state index is 5.32. The minimum Gasteiger partial charge on any atom is -0.374 e. The lowest BCUT2D eigenvalue weighted by atomic mass is 9.92. The molecule has 18 heavy (non-hydrogen) atoms. The molecule has 1 heterocycles. The molecular formula is C13H22IN3O. The molecule has 0 aliphatic rings. The van der Waals surface area contributed by atoms with Crippen molar-refractivity contribution in [1.29, 1.82) is 0 Å². The average molecular weight is 363 g/mol. The maximum absolute atomic E-state index is 5.32. The summed E-state index contributed by atoms with van der Waals surface area (Å²) in [7, 11) is 1.68. The molecule has 0 radical (unpaired) electrons. The Bertz CT molecular complexity index is 415. The van der Waals surface area contributed by atoms with Crippen molar-refractivity contribution in [2.75, 3.05) is 19.0 Å². The van der Waals surface area contributed by atoms with Crippen molar-refractivity contribution in [1.82, 2.24) is 9.97 Å². The van der Waals surface area contributed by atoms with Crippen LogP contribution in [-0.2, 0) is 10.2 Å². The van der Waals surface area contributed by atoms with Crippen LogP contribution in [0.15, 0.2) is 0 Å². The van der Waals surface area contributed by atoms with Gasteiger partial charge >= 0.3 is 0 Å². The van der Waals surface area contributed by atoms with Crippen LogP contribution < -0.4 is 5.32 Å². The lowest BCUT2D eigenvalue weighted by molar-refractivity contribution is 0.111. The molecule has 0 aliphatic carbocycles. The second-order valence-electron chi connectivity index (χ2n) is 5.25. The molecule has 1 N–H and O–H groups in total. The Morgan fingerprint density at radius 2 is 1.94 bits per heavy atom. The third-order valence-corrected chi connectivity index (χ3v) is 3.66. The first-order valence-electron chi connectivity index (χ1n) is 6.15. The van der Waals surface area contributed by atoms with Gasteiger partial charge in [-0.05, 0) is 36.4 Å². The van der Waals surface area contributed by atoms with Crippen molar-refractivity contribution in [3.8, 4) is 0 Å². The van der Waals surface area contributed by atoms with Crippen LogP contribution in [-0.4, -0.2) is 23.6 Å². The molecule has 0 aliphatic heterocycles. The van der Waals surface area contributed by atoms with E-state index in [9.17, 15) is 0 Å². The Morgan fingerprint density at radius 3 is 2.39 bits per heavy atom. The van der Waals surface area contributed by atoms with E-state index in [-0.39, 0.29) is 11.5 Å². The lowest BCUT2D eigenvalue weighted by Crippen LogP contribution is -2.21. The summed E-state index contributed by atoms with van der Waals surface area (Å²) >= 11 is 2.31. The van der Waals surface area contributed by atoms with Crippen molar-refractivity contribution >= 4 is 28.4 Å². The monoisotopic (exact) mass is 363 g/mol. The highest BCUT2D eigenvalue weighted by molar-refractivity contribution is 14.1. The SMILES string of the molecule is CCNc1nc(C(C)OC)nc(C(C)(C)C)c1I. The fraction of sp³-hybridized carbons (Fsp3) is 0.692. The van der Waals surface area contributed by atoms with E-state index in [1.54, 1.807) is 7.11 Å². The zero-order valence-electron chi connectivity index (χ0n) is 12.0. The molecule has 1 rings (SSSR count). The molecule has 1 aromatic rings. The van der Waals surface area contributed by atoms with Gasteiger partial charge in [-0.2, -0.15) is 0 Å². The van der Waals surface area contributed by atoms with Crippen LogP contribution in [0.3, 0.4) is 0 Å². The van der Waals surface area contributed by atoms with Gasteiger partial charge in [0.25, 0.3) is 0 Å². The van der Waals surface area contributed by atoms with Crippen LogP contribution in [0.2, 0.25) is 0 Å². The molecule has 0 bridgehead atoms. The largest absolute Gasteiger partial charge is 0.374 e. The first-order chi connectivity index (χ1) is 8.31. The Hall–Kier alpha value is -0.430. The highest BCUT2D eigenvalue weighted by Gasteiger charge is 2.24. The minimum atomic E-state index is -0.0968. The quantitative estimate of drug-likeness (QED) is 0.832. The number of methoxy groups -OCH3 is 1. The van der Waals surface area contributed by atoms with E-state index in [0.717, 1.165) is 27.5 Å². The average Bonchev–Trinajstić information content (AvgIpc) is 2.29. The summed E-state index contributed by atoms with van der Waals surface area (Å²) in [6.07, 6.45) is -0.0968. The van der Waals surface area contributed by atoms with Crippen LogP contribution in [0.5, 0.6) is 0 Å². The molecule has 1 unspecified atom stereocenters. The van der Waals surface area contributed by atoms with Gasteiger partial charge in [0.15, 0.2) is 5.82 Å². The standard InChI is InChI=1S/C13H22IN3O/c1-7-15-12-9(14)10(13(3,4)5)16-11(17-12)8(2)18-6/h8H,7H2,1-6H3,(H,15,16,17). The molecular weight excluding hydrogens is 341 g/mol. The number of rotatable bonds is 4. The van der Waals surface area contributed by atoms with Gasteiger partial charge in [-0.1, -0.05) is 20.8 Å². The fourth-order valence-corrected chi connectivity index (χ4v) is 2.77. The zero-order chi connectivity index (χ0) is 13.9. The van der Waals surface area contributed by atoms with Gasteiger partial charge in [0.2, 0.25) is 0 Å². The van der Waals surface area contributed by atoms with Crippen molar-refractivity contribution in [3.05, 3.63) is 15.1 Å². The smallest absolute Gasteiger partial charge is 0.159 e. The first kappa shape index (κ1) is 15.6. The van der Waals surface area contributed by atoms with Crippen molar-refractivity contribution in [3.63, 3.8) is 0 Å². The van der Waals surface area contributed by atoms with Gasteiger partial charge in [0.1, 0.15) is 11.9 Å². The van der Waals surface area contributed by atoms with Gasteiger partial charge < -0.3 is 10.1 Å². The topological polar surface area (TPSA) is 47.0 Å². The molecule has 1 aromatic heterocycles. The molecule has 0 aromatic carbocycles. The minimum absolute atomic E-state index is 0.00809. The van der Waals surface area contributed by atoms with Crippen molar-refractivity contribution < 1.29 is 4.74 Å². The van der Waals surface area contributed by atoms with Crippen molar-refractivity contribution in [2.45, 2.75) is 46.1 Å². The number of aromatic nitrogens is 2. The highest BCUT2D eigenvalue weighted by Crippen LogP contribution is 2.30. The second kappa shape index (κ2) is 6.14. The van der Waals surface area contributed by atoms with Crippen LogP contribution in [0.1, 0.15) is 52.2 Å². The Balaban J connectivity index is 3.37. The molecule has 0 amide bonds. The summed E-state index contributed by atoms with van der Waals surface area (Å²) in [6.45, 7) is 11.4. The molecule has 0 spiro atoms.